The van der Waals surface area contributed by atoms with Gasteiger partial charge in [-0.25, -0.2) is 18.2 Å². The Hall–Kier alpha value is -3.19. The molecule has 10 heteroatoms. The molecule has 2 aliphatic rings. The van der Waals surface area contributed by atoms with Crippen LogP contribution in [0.15, 0.2) is 35.5 Å². The van der Waals surface area contributed by atoms with E-state index in [2.05, 4.69) is 21.2 Å². The second-order valence-electron chi connectivity index (χ2n) is 8.19. The number of anilines is 1. The van der Waals surface area contributed by atoms with E-state index < -0.39 is 34.4 Å². The summed E-state index contributed by atoms with van der Waals surface area (Å²) in [7, 11) is 0. The second kappa shape index (κ2) is 8.30. The average Bonchev–Trinajstić information content (AvgIpc) is 3.50. The van der Waals surface area contributed by atoms with Crippen LogP contribution in [-0.4, -0.2) is 33.8 Å². The number of nitrogens with zero attached hydrogens (tertiary/aromatic N) is 2. The monoisotopic (exact) mass is 474 g/mol. The molecule has 6 nitrogen and oxygen atoms in total. The summed E-state index contributed by atoms with van der Waals surface area (Å²) in [6.07, 6.45) is 4.10. The number of hydrogen-bond acceptors (Lipinski definition) is 6. The van der Waals surface area contributed by atoms with Crippen molar-refractivity contribution in [3.8, 4) is 18.1 Å². The van der Waals surface area contributed by atoms with Gasteiger partial charge in [-0.3, -0.25) is 9.79 Å². The van der Waals surface area contributed by atoms with Crippen molar-refractivity contribution in [3.63, 3.8) is 0 Å². The maximum Gasteiger partial charge on any atom is 0.274 e. The van der Waals surface area contributed by atoms with Crippen LogP contribution in [0.1, 0.15) is 35.0 Å². The molecule has 1 amide bonds. The van der Waals surface area contributed by atoms with Crippen LogP contribution in [0.2, 0.25) is 0 Å². The summed E-state index contributed by atoms with van der Waals surface area (Å²) >= 11 is 0.850. The lowest BCUT2D eigenvalue weighted by Crippen LogP contribution is -2.38. The first-order valence-electron chi connectivity index (χ1n) is 10.1. The van der Waals surface area contributed by atoms with Crippen LogP contribution in [0.25, 0.3) is 0 Å². The second-order valence-corrected chi connectivity index (χ2v) is 9.57. The molecule has 2 heterocycles. The molecular formula is C23H21F3N4O2S. The number of amides is 1. The number of aryl methyl sites for hydroxylation is 1. The zero-order valence-electron chi connectivity index (χ0n) is 17.9. The number of ether oxygens (including phenoxy) is 1. The van der Waals surface area contributed by atoms with Crippen molar-refractivity contribution in [1.29, 1.82) is 0 Å². The van der Waals surface area contributed by atoms with Crippen molar-refractivity contribution in [1.82, 2.24) is 4.98 Å². The molecule has 0 radical (unpaired) electrons. The third kappa shape index (κ3) is 4.02. The van der Waals surface area contributed by atoms with Gasteiger partial charge in [0.1, 0.15) is 23.9 Å². The molecule has 0 bridgehead atoms. The lowest BCUT2D eigenvalue weighted by atomic mass is 9.85. The number of aliphatic imine (C=N–C) groups is 1. The normalized spacial score (nSPS) is 25.6. The number of nitrogens with one attached hydrogen (secondary N) is 1. The average molecular weight is 475 g/mol. The number of carbonyl (C=O) groups excluding carboxylic acids is 1. The van der Waals surface area contributed by atoms with Gasteiger partial charge < -0.3 is 15.8 Å². The molecule has 4 rings (SSSR count). The fourth-order valence-corrected chi connectivity index (χ4v) is 5.61. The molecule has 3 N–H and O–H groups in total. The summed E-state index contributed by atoms with van der Waals surface area (Å²) in [6, 6.07) is 5.60. The van der Waals surface area contributed by atoms with Gasteiger partial charge in [0.2, 0.25) is 0 Å². The molecule has 1 aromatic heterocycles. The molecule has 0 unspecified atom stereocenters. The van der Waals surface area contributed by atoms with Gasteiger partial charge in [-0.2, -0.15) is 0 Å². The molecule has 3 atom stereocenters. The quantitative estimate of drug-likeness (QED) is 0.616. The van der Waals surface area contributed by atoms with Crippen molar-refractivity contribution >= 4 is 28.5 Å². The van der Waals surface area contributed by atoms with Crippen molar-refractivity contribution in [2.45, 2.75) is 37.0 Å². The van der Waals surface area contributed by atoms with E-state index in [-0.39, 0.29) is 35.1 Å². The third-order valence-corrected chi connectivity index (χ3v) is 7.31. The number of carbonyl (C=O) groups is 1. The number of fused-ring (bicyclic) bond motifs is 1. The Kier molecular flexibility index (Phi) is 5.78. The number of benzene rings is 1. The summed E-state index contributed by atoms with van der Waals surface area (Å²) in [5.41, 5.74) is 5.65. The highest BCUT2D eigenvalue weighted by Crippen LogP contribution is 2.68. The minimum atomic E-state index is -2.62. The molecule has 1 saturated carbocycles. The smallest absolute Gasteiger partial charge is 0.274 e. The van der Waals surface area contributed by atoms with Crippen molar-refractivity contribution in [3.05, 3.63) is 53.1 Å². The van der Waals surface area contributed by atoms with Crippen molar-refractivity contribution in [2.24, 2.45) is 16.6 Å². The SMILES string of the molecule is C#CCOc1cnc(C(=O)Nc2ccc(F)c([C@]3(C)N=C(N)S[C@@]4(C(F)F)C[C@@H]34)c2)c(C)c1. The molecule has 172 valence electrons. The van der Waals surface area contributed by atoms with Crippen molar-refractivity contribution < 1.29 is 22.7 Å². The summed E-state index contributed by atoms with van der Waals surface area (Å²) in [6.45, 7) is 3.36. The number of amidine groups is 1. The first kappa shape index (κ1) is 23.0. The van der Waals surface area contributed by atoms with E-state index in [0.717, 1.165) is 11.8 Å². The Morgan fingerprint density at radius 1 is 1.45 bits per heavy atom. The number of aromatic nitrogens is 1. The molecule has 1 aromatic carbocycles. The summed E-state index contributed by atoms with van der Waals surface area (Å²) in [5.74, 6) is 1.06. The van der Waals surface area contributed by atoms with Crippen LogP contribution >= 0.6 is 11.8 Å². The van der Waals surface area contributed by atoms with Gasteiger partial charge in [0, 0.05) is 17.2 Å². The molecule has 1 aliphatic carbocycles. The van der Waals surface area contributed by atoms with E-state index in [1.54, 1.807) is 19.9 Å². The number of halogens is 3. The van der Waals surface area contributed by atoms with Gasteiger partial charge in [0.25, 0.3) is 12.3 Å². The van der Waals surface area contributed by atoms with Crippen LogP contribution in [0.4, 0.5) is 18.9 Å². The van der Waals surface area contributed by atoms with Gasteiger partial charge in [0.15, 0.2) is 5.17 Å². The number of alkyl halides is 2. The van der Waals surface area contributed by atoms with Gasteiger partial charge >= 0.3 is 0 Å². The number of rotatable bonds is 6. The Balaban J connectivity index is 1.61. The van der Waals surface area contributed by atoms with Gasteiger partial charge in [0.05, 0.1) is 16.5 Å². The molecule has 0 saturated heterocycles. The van der Waals surface area contributed by atoms with E-state index in [0.29, 0.717) is 11.3 Å². The zero-order chi connectivity index (χ0) is 24.0. The Morgan fingerprint density at radius 3 is 2.88 bits per heavy atom. The van der Waals surface area contributed by atoms with Crippen LogP contribution in [0.5, 0.6) is 5.75 Å². The number of terminal acetylenes is 1. The summed E-state index contributed by atoms with van der Waals surface area (Å²) in [4.78, 5) is 21.3. The van der Waals surface area contributed by atoms with Crippen LogP contribution in [0.3, 0.4) is 0 Å². The van der Waals surface area contributed by atoms with E-state index in [9.17, 15) is 18.0 Å². The number of nitrogens with two attached hydrogens (primary N) is 1. The first-order valence-corrected chi connectivity index (χ1v) is 10.9. The van der Waals surface area contributed by atoms with E-state index in [4.69, 9.17) is 16.9 Å². The highest BCUT2D eigenvalue weighted by Gasteiger charge is 2.71. The highest BCUT2D eigenvalue weighted by atomic mass is 32.2. The van der Waals surface area contributed by atoms with Crippen LogP contribution in [-0.2, 0) is 5.54 Å². The van der Waals surface area contributed by atoms with Gasteiger partial charge in [-0.1, -0.05) is 17.7 Å². The number of hydrogen-bond donors (Lipinski definition) is 2. The lowest BCUT2D eigenvalue weighted by molar-refractivity contribution is 0.102. The minimum absolute atomic E-state index is 0.00708. The topological polar surface area (TPSA) is 89.6 Å². The van der Waals surface area contributed by atoms with Gasteiger partial charge in [-0.15, -0.1) is 6.42 Å². The molecule has 0 spiro atoms. The van der Waals surface area contributed by atoms with Crippen LogP contribution < -0.4 is 15.8 Å². The molecule has 2 aromatic rings. The fourth-order valence-electron chi connectivity index (χ4n) is 4.28. The Labute approximate surface area is 193 Å². The maximum absolute atomic E-state index is 14.9. The minimum Gasteiger partial charge on any atom is -0.479 e. The molecule has 33 heavy (non-hydrogen) atoms. The fraction of sp³-hybridized carbons (Fsp3) is 0.348. The van der Waals surface area contributed by atoms with Crippen LogP contribution in [0, 0.1) is 31.0 Å². The standard InChI is InChI=1S/C23H21F3N4O2S/c1-4-7-32-14-8-12(2)18(28-11-14)19(31)29-13-5-6-16(24)15(9-13)22(3)17-10-23(17,20(25)26)33-21(27)30-22/h1,5-6,8-9,11,17,20H,7,10H2,2-3H3,(H2,27,30)(H,29,31)/t17-,22-,23-/m0/s1. The summed E-state index contributed by atoms with van der Waals surface area (Å²) in [5, 5.41) is 2.68. The third-order valence-electron chi connectivity index (χ3n) is 6.00. The highest BCUT2D eigenvalue weighted by molar-refractivity contribution is 8.15. The molecule has 1 aliphatic heterocycles. The largest absolute Gasteiger partial charge is 0.479 e. The number of thioether (sulfide) groups is 1. The summed E-state index contributed by atoms with van der Waals surface area (Å²) < 4.78 is 46.3. The Morgan fingerprint density at radius 2 is 2.21 bits per heavy atom. The van der Waals surface area contributed by atoms with Gasteiger partial charge in [-0.05, 0) is 50.1 Å². The Bertz CT molecular complexity index is 1200. The molecule has 1 fully saturated rings. The van der Waals surface area contributed by atoms with Crippen molar-refractivity contribution in [2.75, 3.05) is 11.9 Å². The van der Waals surface area contributed by atoms with E-state index >= 15 is 0 Å². The van der Waals surface area contributed by atoms with E-state index in [1.165, 1.54) is 24.4 Å². The predicted molar refractivity (Wildman–Crippen MR) is 121 cm³/mol. The first-order chi connectivity index (χ1) is 15.6. The number of pyridine rings is 1. The molecular weight excluding hydrogens is 453 g/mol. The van der Waals surface area contributed by atoms with E-state index in [1.807, 2.05) is 0 Å². The maximum atomic E-state index is 14.9. The predicted octanol–water partition coefficient (Wildman–Crippen LogP) is 4.09. The lowest BCUT2D eigenvalue weighted by Gasteiger charge is -2.34. The zero-order valence-corrected chi connectivity index (χ0v) is 18.7.